The first kappa shape index (κ1) is 14.0. The van der Waals surface area contributed by atoms with Gasteiger partial charge in [-0.3, -0.25) is 9.78 Å². The Balaban J connectivity index is 2.16. The topological polar surface area (TPSA) is 39.2 Å². The van der Waals surface area contributed by atoms with Crippen LogP contribution in [0.5, 0.6) is 5.75 Å². The largest absolute Gasteiger partial charge is 0.496 e. The number of nitrogens with zero attached hydrogens (tertiary/aromatic N) is 1. The van der Waals surface area contributed by atoms with Crippen LogP contribution in [0.15, 0.2) is 6.20 Å². The van der Waals surface area contributed by atoms with Crippen molar-refractivity contribution in [3.05, 3.63) is 23.0 Å². The van der Waals surface area contributed by atoms with Crippen molar-refractivity contribution in [2.75, 3.05) is 7.11 Å². The Morgan fingerprint density at radius 2 is 2.16 bits per heavy atom. The molecule has 1 aromatic heterocycles. The monoisotopic (exact) mass is 261 g/mol. The van der Waals surface area contributed by atoms with E-state index in [-0.39, 0.29) is 0 Å². The molecule has 1 saturated carbocycles. The molecule has 1 heterocycles. The Kier molecular flexibility index (Phi) is 4.56. The van der Waals surface area contributed by atoms with E-state index >= 15 is 0 Å². The first-order valence-corrected chi connectivity index (χ1v) is 7.12. The molecule has 0 amide bonds. The maximum absolute atomic E-state index is 11.7. The van der Waals surface area contributed by atoms with E-state index in [2.05, 4.69) is 11.9 Å². The van der Waals surface area contributed by atoms with Crippen LogP contribution in [-0.2, 0) is 11.2 Å². The fourth-order valence-electron chi connectivity index (χ4n) is 3.01. The van der Waals surface area contributed by atoms with E-state index < -0.39 is 0 Å². The molecule has 3 nitrogen and oxygen atoms in total. The van der Waals surface area contributed by atoms with Gasteiger partial charge < -0.3 is 4.74 Å². The first-order chi connectivity index (χ1) is 9.11. The summed E-state index contributed by atoms with van der Waals surface area (Å²) < 4.78 is 5.44. The number of ether oxygens (including phenoxy) is 1. The van der Waals surface area contributed by atoms with Crippen LogP contribution in [-0.4, -0.2) is 17.9 Å². The van der Waals surface area contributed by atoms with Crippen LogP contribution < -0.4 is 4.74 Å². The van der Waals surface area contributed by atoms with Crippen molar-refractivity contribution >= 4 is 5.78 Å². The Morgan fingerprint density at radius 3 is 2.89 bits per heavy atom. The molecule has 104 valence electrons. The highest BCUT2D eigenvalue weighted by molar-refractivity contribution is 5.78. The summed E-state index contributed by atoms with van der Waals surface area (Å²) in [4.78, 5) is 16.2. The lowest BCUT2D eigenvalue weighted by Crippen LogP contribution is -2.11. The van der Waals surface area contributed by atoms with Gasteiger partial charge in [-0.25, -0.2) is 0 Å². The standard InChI is InChI=1S/C16H23NO2/c1-11-10-17-15(12(2)16(11)19-3)9-13-6-4-5-7-14(18)8-13/h10,13H,4-9H2,1-3H3. The molecular formula is C16H23NO2. The summed E-state index contributed by atoms with van der Waals surface area (Å²) in [5.74, 6) is 1.80. The zero-order valence-electron chi connectivity index (χ0n) is 12.2. The molecule has 3 heteroatoms. The number of hydrogen-bond acceptors (Lipinski definition) is 3. The van der Waals surface area contributed by atoms with Crippen molar-refractivity contribution in [2.24, 2.45) is 5.92 Å². The van der Waals surface area contributed by atoms with Crippen molar-refractivity contribution in [1.82, 2.24) is 4.98 Å². The summed E-state index contributed by atoms with van der Waals surface area (Å²) in [6.45, 7) is 4.07. The highest BCUT2D eigenvalue weighted by Crippen LogP contribution is 2.29. The van der Waals surface area contributed by atoms with Crippen LogP contribution in [0.4, 0.5) is 0 Å². The zero-order chi connectivity index (χ0) is 13.8. The van der Waals surface area contributed by atoms with Crippen molar-refractivity contribution < 1.29 is 9.53 Å². The summed E-state index contributed by atoms with van der Waals surface area (Å²) in [5, 5.41) is 0. The highest BCUT2D eigenvalue weighted by atomic mass is 16.5. The molecule has 19 heavy (non-hydrogen) atoms. The summed E-state index contributed by atoms with van der Waals surface area (Å²) in [6, 6.07) is 0. The Bertz CT molecular complexity index is 468. The number of rotatable bonds is 3. The molecule has 1 fully saturated rings. The SMILES string of the molecule is COc1c(C)cnc(CC2CCCCC(=O)C2)c1C. The predicted molar refractivity (Wildman–Crippen MR) is 75.5 cm³/mol. The molecule has 1 atom stereocenters. The molecule has 1 aliphatic rings. The summed E-state index contributed by atoms with van der Waals surface area (Å²) in [5.41, 5.74) is 3.28. The van der Waals surface area contributed by atoms with Gasteiger partial charge in [-0.2, -0.15) is 0 Å². The van der Waals surface area contributed by atoms with E-state index in [1.165, 1.54) is 6.42 Å². The number of ketones is 1. The van der Waals surface area contributed by atoms with Gasteiger partial charge in [0, 0.05) is 35.9 Å². The van der Waals surface area contributed by atoms with E-state index in [1.807, 2.05) is 13.1 Å². The molecule has 0 aromatic carbocycles. The third kappa shape index (κ3) is 3.34. The minimum atomic E-state index is 0.416. The summed E-state index contributed by atoms with van der Waals surface area (Å²) >= 11 is 0. The van der Waals surface area contributed by atoms with Gasteiger partial charge in [-0.05, 0) is 39.0 Å². The molecule has 0 spiro atoms. The van der Waals surface area contributed by atoms with E-state index in [9.17, 15) is 4.79 Å². The van der Waals surface area contributed by atoms with Gasteiger partial charge in [0.2, 0.25) is 0 Å². The molecule has 0 radical (unpaired) electrons. The number of hydrogen-bond donors (Lipinski definition) is 0. The second kappa shape index (κ2) is 6.18. The Morgan fingerprint density at radius 1 is 1.37 bits per heavy atom. The predicted octanol–water partition coefficient (Wildman–Crippen LogP) is 3.40. The normalized spacial score (nSPS) is 20.2. The third-order valence-corrected chi connectivity index (χ3v) is 4.07. The van der Waals surface area contributed by atoms with E-state index in [1.54, 1.807) is 7.11 Å². The maximum atomic E-state index is 11.7. The number of aromatic nitrogens is 1. The fourth-order valence-corrected chi connectivity index (χ4v) is 3.01. The number of pyridine rings is 1. The number of carbonyl (C=O) groups is 1. The molecule has 0 saturated heterocycles. The van der Waals surface area contributed by atoms with Gasteiger partial charge in [-0.1, -0.05) is 6.42 Å². The van der Waals surface area contributed by atoms with Crippen LogP contribution in [0.1, 0.15) is 48.9 Å². The van der Waals surface area contributed by atoms with Crippen LogP contribution in [0.3, 0.4) is 0 Å². The van der Waals surface area contributed by atoms with Gasteiger partial charge in [0.1, 0.15) is 11.5 Å². The number of methoxy groups -OCH3 is 1. The minimum Gasteiger partial charge on any atom is -0.496 e. The second-order valence-corrected chi connectivity index (χ2v) is 5.60. The lowest BCUT2D eigenvalue weighted by molar-refractivity contribution is -0.119. The van der Waals surface area contributed by atoms with E-state index in [0.717, 1.165) is 54.7 Å². The van der Waals surface area contributed by atoms with E-state index in [0.29, 0.717) is 11.7 Å². The average molecular weight is 261 g/mol. The van der Waals surface area contributed by atoms with Gasteiger partial charge in [0.25, 0.3) is 0 Å². The van der Waals surface area contributed by atoms with E-state index in [4.69, 9.17) is 4.74 Å². The quantitative estimate of drug-likeness (QED) is 0.783. The maximum Gasteiger partial charge on any atom is 0.133 e. The molecule has 1 aromatic rings. The van der Waals surface area contributed by atoms with Crippen molar-refractivity contribution in [3.8, 4) is 5.75 Å². The van der Waals surface area contributed by atoms with Crippen molar-refractivity contribution in [2.45, 2.75) is 52.4 Å². The lowest BCUT2D eigenvalue weighted by atomic mass is 9.92. The van der Waals surface area contributed by atoms with Crippen LogP contribution in [0.25, 0.3) is 0 Å². The lowest BCUT2D eigenvalue weighted by Gasteiger charge is -2.16. The Hall–Kier alpha value is -1.38. The van der Waals surface area contributed by atoms with Gasteiger partial charge in [0.15, 0.2) is 0 Å². The van der Waals surface area contributed by atoms with Crippen LogP contribution in [0, 0.1) is 19.8 Å². The molecule has 1 unspecified atom stereocenters. The molecule has 0 N–H and O–H groups in total. The molecular weight excluding hydrogens is 238 g/mol. The third-order valence-electron chi connectivity index (χ3n) is 4.07. The first-order valence-electron chi connectivity index (χ1n) is 7.12. The molecule has 2 rings (SSSR count). The molecule has 0 bridgehead atoms. The second-order valence-electron chi connectivity index (χ2n) is 5.60. The van der Waals surface area contributed by atoms with Gasteiger partial charge in [0.05, 0.1) is 7.11 Å². The van der Waals surface area contributed by atoms with Crippen molar-refractivity contribution in [3.63, 3.8) is 0 Å². The number of aryl methyl sites for hydroxylation is 1. The fraction of sp³-hybridized carbons (Fsp3) is 0.625. The number of carbonyl (C=O) groups excluding carboxylic acids is 1. The summed E-state index contributed by atoms with van der Waals surface area (Å²) in [7, 11) is 1.70. The molecule has 0 aliphatic heterocycles. The smallest absolute Gasteiger partial charge is 0.133 e. The van der Waals surface area contributed by atoms with Crippen LogP contribution >= 0.6 is 0 Å². The highest BCUT2D eigenvalue weighted by Gasteiger charge is 2.20. The molecule has 1 aliphatic carbocycles. The van der Waals surface area contributed by atoms with Crippen LogP contribution in [0.2, 0.25) is 0 Å². The number of Topliss-reactive ketones (excluding diaryl/α,β-unsaturated/α-hetero) is 1. The zero-order valence-corrected chi connectivity index (χ0v) is 12.2. The van der Waals surface area contributed by atoms with Gasteiger partial charge >= 0.3 is 0 Å². The average Bonchev–Trinajstić information content (AvgIpc) is 2.58. The Labute approximate surface area is 115 Å². The minimum absolute atomic E-state index is 0.416. The van der Waals surface area contributed by atoms with Gasteiger partial charge in [-0.15, -0.1) is 0 Å². The summed E-state index contributed by atoms with van der Waals surface area (Å²) in [6.07, 6.45) is 7.62. The van der Waals surface area contributed by atoms with Crippen molar-refractivity contribution in [1.29, 1.82) is 0 Å².